The zero-order valence-corrected chi connectivity index (χ0v) is 10.5. The quantitative estimate of drug-likeness (QED) is 0.784. The Hall–Kier alpha value is -0.730. The van der Waals surface area contributed by atoms with Crippen molar-refractivity contribution >= 4 is 12.4 Å². The van der Waals surface area contributed by atoms with Crippen LogP contribution in [0.2, 0.25) is 0 Å². The molecular formula is C12H20ClNO. The maximum absolute atomic E-state index is 5.66. The molecule has 0 aliphatic rings. The minimum atomic E-state index is 0. The third kappa shape index (κ3) is 4.54. The molecule has 1 N–H and O–H groups in total. The molecule has 0 unspecified atom stereocenters. The first-order valence-electron chi connectivity index (χ1n) is 5.15. The highest BCUT2D eigenvalue weighted by Gasteiger charge is 2.00. The topological polar surface area (TPSA) is 21.3 Å². The van der Waals surface area contributed by atoms with Crippen molar-refractivity contribution in [2.24, 2.45) is 0 Å². The van der Waals surface area contributed by atoms with Crippen LogP contribution in [0.5, 0.6) is 5.75 Å². The van der Waals surface area contributed by atoms with E-state index in [1.165, 1.54) is 11.1 Å². The van der Waals surface area contributed by atoms with Gasteiger partial charge in [0.1, 0.15) is 12.4 Å². The Morgan fingerprint density at radius 1 is 1.27 bits per heavy atom. The highest BCUT2D eigenvalue weighted by molar-refractivity contribution is 5.85. The lowest BCUT2D eigenvalue weighted by atomic mass is 10.1. The van der Waals surface area contributed by atoms with Gasteiger partial charge in [0.05, 0.1) is 0 Å². The maximum Gasteiger partial charge on any atom is 0.122 e. The summed E-state index contributed by atoms with van der Waals surface area (Å²) < 4.78 is 5.66. The van der Waals surface area contributed by atoms with Crippen LogP contribution in [0.3, 0.4) is 0 Å². The van der Waals surface area contributed by atoms with E-state index in [4.69, 9.17) is 4.74 Å². The molecule has 3 heteroatoms. The van der Waals surface area contributed by atoms with Gasteiger partial charge in [0.25, 0.3) is 0 Å². The molecule has 0 bridgehead atoms. The third-order valence-corrected chi connectivity index (χ3v) is 2.34. The van der Waals surface area contributed by atoms with Crippen molar-refractivity contribution in [2.45, 2.75) is 20.8 Å². The van der Waals surface area contributed by atoms with Crippen LogP contribution < -0.4 is 10.1 Å². The molecule has 0 saturated heterocycles. The van der Waals surface area contributed by atoms with Gasteiger partial charge in [0.15, 0.2) is 0 Å². The second kappa shape index (κ2) is 7.55. The van der Waals surface area contributed by atoms with Crippen LogP contribution in [0.25, 0.3) is 0 Å². The maximum atomic E-state index is 5.66. The van der Waals surface area contributed by atoms with E-state index in [1.807, 2.05) is 12.1 Å². The number of ether oxygens (including phenoxy) is 1. The van der Waals surface area contributed by atoms with Crippen molar-refractivity contribution in [1.82, 2.24) is 5.32 Å². The summed E-state index contributed by atoms with van der Waals surface area (Å²) in [6.45, 7) is 8.93. The monoisotopic (exact) mass is 229 g/mol. The zero-order chi connectivity index (χ0) is 10.4. The SMILES string of the molecule is CCNCCOc1cccc(C)c1C.Cl. The van der Waals surface area contributed by atoms with E-state index < -0.39 is 0 Å². The first-order valence-corrected chi connectivity index (χ1v) is 5.15. The molecule has 0 amide bonds. The first-order chi connectivity index (χ1) is 6.75. The van der Waals surface area contributed by atoms with Gasteiger partial charge < -0.3 is 10.1 Å². The Bertz CT molecular complexity index is 289. The molecule has 0 atom stereocenters. The van der Waals surface area contributed by atoms with E-state index >= 15 is 0 Å². The summed E-state index contributed by atoms with van der Waals surface area (Å²) in [7, 11) is 0. The Morgan fingerprint density at radius 3 is 2.67 bits per heavy atom. The number of likely N-dealkylation sites (N-methyl/N-ethyl adjacent to an activating group) is 1. The number of nitrogens with one attached hydrogen (secondary N) is 1. The van der Waals surface area contributed by atoms with Crippen molar-refractivity contribution < 1.29 is 4.74 Å². The fourth-order valence-corrected chi connectivity index (χ4v) is 1.29. The molecule has 86 valence electrons. The predicted octanol–water partition coefficient (Wildman–Crippen LogP) is 2.71. The first kappa shape index (κ1) is 14.3. The van der Waals surface area contributed by atoms with Crippen molar-refractivity contribution in [1.29, 1.82) is 0 Å². The summed E-state index contributed by atoms with van der Waals surface area (Å²) in [6, 6.07) is 6.16. The van der Waals surface area contributed by atoms with Crippen LogP contribution in [0, 0.1) is 13.8 Å². The molecule has 15 heavy (non-hydrogen) atoms. The molecular weight excluding hydrogens is 210 g/mol. The van der Waals surface area contributed by atoms with Crippen molar-refractivity contribution in [3.8, 4) is 5.75 Å². The largest absolute Gasteiger partial charge is 0.492 e. The summed E-state index contributed by atoms with van der Waals surface area (Å²) in [4.78, 5) is 0. The predicted molar refractivity (Wildman–Crippen MR) is 67.2 cm³/mol. The number of hydrogen-bond donors (Lipinski definition) is 1. The average Bonchev–Trinajstić information content (AvgIpc) is 2.19. The van der Waals surface area contributed by atoms with Crippen LogP contribution in [0.1, 0.15) is 18.1 Å². The Balaban J connectivity index is 0.00000196. The second-order valence-corrected chi connectivity index (χ2v) is 3.40. The summed E-state index contributed by atoms with van der Waals surface area (Å²) in [5, 5.41) is 3.23. The highest BCUT2D eigenvalue weighted by atomic mass is 35.5. The molecule has 0 spiro atoms. The summed E-state index contributed by atoms with van der Waals surface area (Å²) in [6.07, 6.45) is 0. The average molecular weight is 230 g/mol. The minimum Gasteiger partial charge on any atom is -0.492 e. The van der Waals surface area contributed by atoms with Gasteiger partial charge in [-0.15, -0.1) is 12.4 Å². The second-order valence-electron chi connectivity index (χ2n) is 3.40. The van der Waals surface area contributed by atoms with Crippen LogP contribution in [0.4, 0.5) is 0 Å². The number of rotatable bonds is 5. The van der Waals surface area contributed by atoms with Gasteiger partial charge >= 0.3 is 0 Å². The zero-order valence-electron chi connectivity index (χ0n) is 9.67. The van der Waals surface area contributed by atoms with Crippen molar-refractivity contribution in [2.75, 3.05) is 19.7 Å². The number of benzene rings is 1. The van der Waals surface area contributed by atoms with E-state index in [-0.39, 0.29) is 12.4 Å². The standard InChI is InChI=1S/C12H19NO.ClH/c1-4-13-8-9-14-12-7-5-6-10(2)11(12)3;/h5-7,13H,4,8-9H2,1-3H3;1H. The summed E-state index contributed by atoms with van der Waals surface area (Å²) in [5.41, 5.74) is 2.52. The van der Waals surface area contributed by atoms with Gasteiger partial charge in [0.2, 0.25) is 0 Å². The Kier molecular flexibility index (Phi) is 7.18. The molecule has 0 aliphatic heterocycles. The van der Waals surface area contributed by atoms with Gasteiger partial charge in [0, 0.05) is 6.54 Å². The minimum absolute atomic E-state index is 0. The van der Waals surface area contributed by atoms with E-state index in [9.17, 15) is 0 Å². The van der Waals surface area contributed by atoms with E-state index in [0.29, 0.717) is 0 Å². The van der Waals surface area contributed by atoms with Crippen LogP contribution in [0.15, 0.2) is 18.2 Å². The lowest BCUT2D eigenvalue weighted by Crippen LogP contribution is -2.20. The molecule has 0 saturated carbocycles. The van der Waals surface area contributed by atoms with Crippen LogP contribution >= 0.6 is 12.4 Å². The molecule has 0 radical (unpaired) electrons. The van der Waals surface area contributed by atoms with Crippen molar-refractivity contribution in [3.05, 3.63) is 29.3 Å². The fourth-order valence-electron chi connectivity index (χ4n) is 1.29. The van der Waals surface area contributed by atoms with E-state index in [0.717, 1.165) is 25.4 Å². The van der Waals surface area contributed by atoms with Gasteiger partial charge in [-0.05, 0) is 37.6 Å². The van der Waals surface area contributed by atoms with E-state index in [2.05, 4.69) is 32.2 Å². The molecule has 0 heterocycles. The molecule has 2 nitrogen and oxygen atoms in total. The number of hydrogen-bond acceptors (Lipinski definition) is 2. The molecule has 0 aromatic heterocycles. The molecule has 0 fully saturated rings. The molecule has 0 aliphatic carbocycles. The van der Waals surface area contributed by atoms with Gasteiger partial charge in [-0.25, -0.2) is 0 Å². The molecule has 1 aromatic carbocycles. The highest BCUT2D eigenvalue weighted by Crippen LogP contribution is 2.20. The smallest absolute Gasteiger partial charge is 0.122 e. The Morgan fingerprint density at radius 2 is 2.00 bits per heavy atom. The van der Waals surface area contributed by atoms with Gasteiger partial charge in [-0.1, -0.05) is 19.1 Å². The number of halogens is 1. The molecule has 1 aromatic rings. The third-order valence-electron chi connectivity index (χ3n) is 2.34. The van der Waals surface area contributed by atoms with Crippen molar-refractivity contribution in [3.63, 3.8) is 0 Å². The summed E-state index contributed by atoms with van der Waals surface area (Å²) in [5.74, 6) is 1.00. The molecule has 1 rings (SSSR count). The summed E-state index contributed by atoms with van der Waals surface area (Å²) >= 11 is 0. The van der Waals surface area contributed by atoms with E-state index in [1.54, 1.807) is 0 Å². The lowest BCUT2D eigenvalue weighted by Gasteiger charge is -2.10. The van der Waals surface area contributed by atoms with Gasteiger partial charge in [-0.2, -0.15) is 0 Å². The number of aryl methyl sites for hydroxylation is 1. The van der Waals surface area contributed by atoms with Crippen LogP contribution in [-0.4, -0.2) is 19.7 Å². The van der Waals surface area contributed by atoms with Crippen LogP contribution in [-0.2, 0) is 0 Å². The normalized spacial score (nSPS) is 9.53. The fraction of sp³-hybridized carbons (Fsp3) is 0.500. The lowest BCUT2D eigenvalue weighted by molar-refractivity contribution is 0.313. The van der Waals surface area contributed by atoms with Gasteiger partial charge in [-0.3, -0.25) is 0 Å². The Labute approximate surface area is 98.4 Å².